The molecule has 3 aromatic rings. The van der Waals surface area contributed by atoms with Gasteiger partial charge in [0.25, 0.3) is 11.8 Å². The second-order valence-corrected chi connectivity index (χ2v) is 12.5. The molecule has 3 unspecified atom stereocenters. The Morgan fingerprint density at radius 1 is 1.05 bits per heavy atom. The van der Waals surface area contributed by atoms with Crippen molar-refractivity contribution in [3.05, 3.63) is 93.7 Å². The first-order valence-corrected chi connectivity index (χ1v) is 14.4. The Morgan fingerprint density at radius 3 is 2.45 bits per heavy atom. The molecule has 2 aromatic carbocycles. The molecule has 9 heteroatoms. The smallest absolute Gasteiger partial charge is 0.254 e. The molecule has 1 aliphatic rings. The van der Waals surface area contributed by atoms with Gasteiger partial charge in [0.2, 0.25) is 5.91 Å². The largest absolute Gasteiger partial charge is 0.381 e. The fraction of sp³-hybridized carbons (Fsp3) is 0.345. The van der Waals surface area contributed by atoms with Crippen molar-refractivity contribution in [2.75, 3.05) is 5.88 Å². The molecule has 200 valence electrons. The highest BCUT2D eigenvalue weighted by atomic mass is 32.2. The fourth-order valence-electron chi connectivity index (χ4n) is 4.62. The molecule has 1 fully saturated rings. The topological polar surface area (TPSA) is 98.7 Å². The van der Waals surface area contributed by atoms with Gasteiger partial charge in [-0.2, -0.15) is 0 Å². The molecule has 0 radical (unpaired) electrons. The number of nitrogens with one attached hydrogen (secondary N) is 2. The highest BCUT2D eigenvalue weighted by Gasteiger charge is 2.49. The van der Waals surface area contributed by atoms with Gasteiger partial charge in [-0.3, -0.25) is 14.4 Å². The van der Waals surface area contributed by atoms with E-state index < -0.39 is 28.8 Å². The van der Waals surface area contributed by atoms with E-state index in [2.05, 4.69) is 10.6 Å². The second-order valence-electron chi connectivity index (χ2n) is 9.91. The van der Waals surface area contributed by atoms with Crippen molar-refractivity contribution >= 4 is 40.8 Å². The normalized spacial score (nSPS) is 18.0. The Kier molecular flexibility index (Phi) is 8.91. The SMILES string of the molecule is Cc1ccccc1C(=O)NC(Cc1ccccc1)C(O)C(=O)N1CSC(C)(C)C1C(=O)NCc1cccs1. The summed E-state index contributed by atoms with van der Waals surface area (Å²) in [5.74, 6) is -0.941. The van der Waals surface area contributed by atoms with Gasteiger partial charge in [-0.05, 0) is 55.8 Å². The lowest BCUT2D eigenvalue weighted by atomic mass is 9.96. The van der Waals surface area contributed by atoms with Crippen LogP contribution < -0.4 is 10.6 Å². The van der Waals surface area contributed by atoms with Crippen LogP contribution in [-0.4, -0.2) is 56.5 Å². The molecule has 7 nitrogen and oxygen atoms in total. The average Bonchev–Trinajstić information content (AvgIpc) is 3.54. The van der Waals surface area contributed by atoms with E-state index in [0.717, 1.165) is 16.0 Å². The summed E-state index contributed by atoms with van der Waals surface area (Å²) in [5, 5.41) is 19.2. The van der Waals surface area contributed by atoms with E-state index in [1.165, 1.54) is 16.7 Å². The number of benzene rings is 2. The molecule has 1 aliphatic heterocycles. The van der Waals surface area contributed by atoms with E-state index >= 15 is 0 Å². The number of thioether (sulfide) groups is 1. The first-order valence-electron chi connectivity index (χ1n) is 12.5. The van der Waals surface area contributed by atoms with E-state index in [1.807, 2.05) is 80.7 Å². The Balaban J connectivity index is 1.55. The molecule has 0 saturated carbocycles. The lowest BCUT2D eigenvalue weighted by molar-refractivity contribution is -0.147. The van der Waals surface area contributed by atoms with Gasteiger partial charge in [-0.15, -0.1) is 23.1 Å². The number of aliphatic hydroxyl groups is 1. The Morgan fingerprint density at radius 2 is 1.76 bits per heavy atom. The predicted molar refractivity (Wildman–Crippen MR) is 152 cm³/mol. The number of nitrogens with zero attached hydrogens (tertiary/aromatic N) is 1. The van der Waals surface area contributed by atoms with E-state index in [0.29, 0.717) is 12.1 Å². The van der Waals surface area contributed by atoms with Crippen LogP contribution in [0.4, 0.5) is 0 Å². The van der Waals surface area contributed by atoms with Crippen molar-refractivity contribution in [2.24, 2.45) is 0 Å². The number of hydrogen-bond donors (Lipinski definition) is 3. The van der Waals surface area contributed by atoms with Crippen LogP contribution in [0.3, 0.4) is 0 Å². The molecule has 38 heavy (non-hydrogen) atoms. The summed E-state index contributed by atoms with van der Waals surface area (Å²) < 4.78 is -0.547. The minimum Gasteiger partial charge on any atom is -0.381 e. The zero-order valence-electron chi connectivity index (χ0n) is 21.7. The molecule has 0 bridgehead atoms. The van der Waals surface area contributed by atoms with Gasteiger partial charge in [-0.25, -0.2) is 0 Å². The maximum absolute atomic E-state index is 13.7. The fourth-order valence-corrected chi connectivity index (χ4v) is 6.41. The molecule has 3 amide bonds. The minimum atomic E-state index is -1.54. The molecular weight excluding hydrogens is 518 g/mol. The van der Waals surface area contributed by atoms with Crippen LogP contribution >= 0.6 is 23.1 Å². The quantitative estimate of drug-likeness (QED) is 0.376. The standard InChI is InChI=1S/C29H33N3O4S2/c1-19-10-7-8-14-22(19)26(34)31-23(16-20-11-5-4-6-12-20)24(33)28(36)32-18-38-29(2,3)25(32)27(35)30-17-21-13-9-15-37-21/h4-15,23-25,33H,16-18H2,1-3H3,(H,30,35)(H,31,34). The van der Waals surface area contributed by atoms with E-state index in [1.54, 1.807) is 23.5 Å². The van der Waals surface area contributed by atoms with Crippen molar-refractivity contribution in [3.63, 3.8) is 0 Å². The van der Waals surface area contributed by atoms with E-state index in [4.69, 9.17) is 0 Å². The molecule has 4 rings (SSSR count). The Hall–Kier alpha value is -3.14. The van der Waals surface area contributed by atoms with Crippen LogP contribution in [0.15, 0.2) is 72.1 Å². The number of hydrogen-bond acceptors (Lipinski definition) is 6. The van der Waals surface area contributed by atoms with Crippen LogP contribution in [0.1, 0.15) is 40.2 Å². The van der Waals surface area contributed by atoms with Crippen molar-refractivity contribution in [1.29, 1.82) is 0 Å². The van der Waals surface area contributed by atoms with E-state index in [9.17, 15) is 19.5 Å². The summed E-state index contributed by atoms with van der Waals surface area (Å²) in [6, 6.07) is 18.8. The van der Waals surface area contributed by atoms with Crippen molar-refractivity contribution in [2.45, 2.75) is 56.7 Å². The van der Waals surface area contributed by atoms with Gasteiger partial charge in [0.1, 0.15) is 6.04 Å². The highest BCUT2D eigenvalue weighted by Crippen LogP contribution is 2.40. The Labute approximate surface area is 231 Å². The van der Waals surface area contributed by atoms with Crippen LogP contribution in [0.5, 0.6) is 0 Å². The van der Waals surface area contributed by atoms with Crippen molar-refractivity contribution in [3.8, 4) is 0 Å². The Bertz CT molecular complexity index is 1260. The predicted octanol–water partition coefficient (Wildman–Crippen LogP) is 3.76. The number of rotatable bonds is 9. The molecule has 0 spiro atoms. The molecule has 3 N–H and O–H groups in total. The molecule has 2 heterocycles. The van der Waals surface area contributed by atoms with E-state index in [-0.39, 0.29) is 24.1 Å². The molecule has 1 aromatic heterocycles. The highest BCUT2D eigenvalue weighted by molar-refractivity contribution is 8.00. The third kappa shape index (κ3) is 6.46. The summed E-state index contributed by atoms with van der Waals surface area (Å²) >= 11 is 3.04. The average molecular weight is 552 g/mol. The van der Waals surface area contributed by atoms with Crippen LogP contribution in [0.25, 0.3) is 0 Å². The minimum absolute atomic E-state index is 0.255. The molecular formula is C29H33N3O4S2. The number of amides is 3. The van der Waals surface area contributed by atoms with Gasteiger partial charge >= 0.3 is 0 Å². The van der Waals surface area contributed by atoms with Gasteiger partial charge in [0.15, 0.2) is 6.10 Å². The molecule has 1 saturated heterocycles. The molecule has 0 aliphatic carbocycles. The monoisotopic (exact) mass is 551 g/mol. The first kappa shape index (κ1) is 27.9. The summed E-state index contributed by atoms with van der Waals surface area (Å²) in [5.41, 5.74) is 2.15. The number of carbonyl (C=O) groups is 3. The van der Waals surface area contributed by atoms with Crippen LogP contribution in [0, 0.1) is 6.92 Å². The van der Waals surface area contributed by atoms with Gasteiger partial charge in [0.05, 0.1) is 18.5 Å². The van der Waals surface area contributed by atoms with Gasteiger partial charge in [-0.1, -0.05) is 54.6 Å². The lowest BCUT2D eigenvalue weighted by Gasteiger charge is -2.33. The zero-order valence-corrected chi connectivity index (χ0v) is 23.4. The lowest BCUT2D eigenvalue weighted by Crippen LogP contribution is -2.58. The van der Waals surface area contributed by atoms with Gasteiger partial charge in [0, 0.05) is 15.2 Å². The summed E-state index contributed by atoms with van der Waals surface area (Å²) in [7, 11) is 0. The molecule has 3 atom stereocenters. The number of aryl methyl sites for hydroxylation is 1. The second kappa shape index (κ2) is 12.1. The third-order valence-electron chi connectivity index (χ3n) is 6.73. The summed E-state index contributed by atoms with van der Waals surface area (Å²) in [6.45, 7) is 6.06. The number of carbonyl (C=O) groups excluding carboxylic acids is 3. The number of thiophene rings is 1. The zero-order chi connectivity index (χ0) is 27.3. The van der Waals surface area contributed by atoms with Gasteiger partial charge < -0.3 is 20.6 Å². The first-order chi connectivity index (χ1) is 18.2. The summed E-state index contributed by atoms with van der Waals surface area (Å²) in [6.07, 6.45) is -1.28. The maximum atomic E-state index is 13.7. The van der Waals surface area contributed by atoms with Crippen molar-refractivity contribution < 1.29 is 19.5 Å². The third-order valence-corrected chi connectivity index (χ3v) is 8.98. The number of aliphatic hydroxyl groups excluding tert-OH is 1. The van der Waals surface area contributed by atoms with Crippen molar-refractivity contribution in [1.82, 2.24) is 15.5 Å². The maximum Gasteiger partial charge on any atom is 0.254 e. The van der Waals surface area contributed by atoms with Crippen LogP contribution in [-0.2, 0) is 22.6 Å². The summed E-state index contributed by atoms with van der Waals surface area (Å²) in [4.78, 5) is 42.7. The van der Waals surface area contributed by atoms with Crippen LogP contribution in [0.2, 0.25) is 0 Å².